The molecule has 0 bridgehead atoms. The summed E-state index contributed by atoms with van der Waals surface area (Å²) in [5, 5.41) is 0. The SMILES string of the molecule is COc1cc(F)cc2c1CCC2. The first kappa shape index (κ1) is 7.59. The van der Waals surface area contributed by atoms with Crippen LogP contribution in [0.15, 0.2) is 12.1 Å². The Bertz CT molecular complexity index is 307. The molecule has 1 nitrogen and oxygen atoms in total. The van der Waals surface area contributed by atoms with Gasteiger partial charge in [0.15, 0.2) is 0 Å². The van der Waals surface area contributed by atoms with E-state index in [2.05, 4.69) is 0 Å². The number of methoxy groups -OCH3 is 1. The van der Waals surface area contributed by atoms with Crippen molar-refractivity contribution in [3.63, 3.8) is 0 Å². The van der Waals surface area contributed by atoms with Crippen LogP contribution in [0.5, 0.6) is 5.75 Å². The van der Waals surface area contributed by atoms with Gasteiger partial charge in [-0.15, -0.1) is 0 Å². The average molecular weight is 166 g/mol. The summed E-state index contributed by atoms with van der Waals surface area (Å²) in [6.45, 7) is 0. The molecule has 2 rings (SSSR count). The van der Waals surface area contributed by atoms with Gasteiger partial charge in [0, 0.05) is 6.07 Å². The summed E-state index contributed by atoms with van der Waals surface area (Å²) in [5.41, 5.74) is 2.31. The molecule has 2 heteroatoms. The molecule has 1 aromatic carbocycles. The van der Waals surface area contributed by atoms with E-state index in [1.165, 1.54) is 11.6 Å². The van der Waals surface area contributed by atoms with Crippen LogP contribution in [0.4, 0.5) is 4.39 Å². The van der Waals surface area contributed by atoms with Gasteiger partial charge in [0.25, 0.3) is 0 Å². The first-order valence-corrected chi connectivity index (χ1v) is 4.16. The lowest BCUT2D eigenvalue weighted by Gasteiger charge is -2.06. The van der Waals surface area contributed by atoms with Gasteiger partial charge in [-0.1, -0.05) is 0 Å². The molecule has 1 aliphatic rings. The van der Waals surface area contributed by atoms with E-state index in [-0.39, 0.29) is 5.82 Å². The summed E-state index contributed by atoms with van der Waals surface area (Å²) in [5.74, 6) is 0.523. The molecule has 0 radical (unpaired) electrons. The second-order valence-electron chi connectivity index (χ2n) is 3.10. The van der Waals surface area contributed by atoms with E-state index >= 15 is 0 Å². The van der Waals surface area contributed by atoms with Gasteiger partial charge in [0.2, 0.25) is 0 Å². The number of hydrogen-bond acceptors (Lipinski definition) is 1. The zero-order valence-electron chi connectivity index (χ0n) is 7.06. The summed E-state index contributed by atoms with van der Waals surface area (Å²) in [4.78, 5) is 0. The maximum Gasteiger partial charge on any atom is 0.127 e. The number of benzene rings is 1. The van der Waals surface area contributed by atoms with Gasteiger partial charge >= 0.3 is 0 Å². The van der Waals surface area contributed by atoms with Crippen LogP contribution in [0.2, 0.25) is 0 Å². The second-order valence-corrected chi connectivity index (χ2v) is 3.10. The molecule has 64 valence electrons. The van der Waals surface area contributed by atoms with Gasteiger partial charge in [-0.05, 0) is 36.5 Å². The van der Waals surface area contributed by atoms with Crippen LogP contribution in [0.1, 0.15) is 17.5 Å². The zero-order valence-corrected chi connectivity index (χ0v) is 7.06. The standard InChI is InChI=1S/C10H11FO/c1-12-10-6-8(11)5-7-3-2-4-9(7)10/h5-6H,2-4H2,1H3. The van der Waals surface area contributed by atoms with E-state index in [4.69, 9.17) is 4.74 Å². The number of aryl methyl sites for hydroxylation is 1. The van der Waals surface area contributed by atoms with Crippen LogP contribution in [-0.2, 0) is 12.8 Å². The van der Waals surface area contributed by atoms with Crippen molar-refractivity contribution in [1.82, 2.24) is 0 Å². The Kier molecular flexibility index (Phi) is 1.75. The Balaban J connectivity index is 2.55. The molecule has 0 saturated carbocycles. The van der Waals surface area contributed by atoms with Crippen molar-refractivity contribution in [3.8, 4) is 5.75 Å². The van der Waals surface area contributed by atoms with E-state index in [9.17, 15) is 4.39 Å². The fraction of sp³-hybridized carbons (Fsp3) is 0.400. The largest absolute Gasteiger partial charge is 0.496 e. The molecule has 1 aromatic rings. The van der Waals surface area contributed by atoms with Crippen molar-refractivity contribution >= 4 is 0 Å². The molecule has 0 atom stereocenters. The highest BCUT2D eigenvalue weighted by molar-refractivity contribution is 5.43. The Morgan fingerprint density at radius 2 is 2.17 bits per heavy atom. The molecule has 0 N–H and O–H groups in total. The normalized spacial score (nSPS) is 14.5. The van der Waals surface area contributed by atoms with Crippen LogP contribution in [0.3, 0.4) is 0 Å². The monoisotopic (exact) mass is 166 g/mol. The first-order chi connectivity index (χ1) is 5.81. The van der Waals surface area contributed by atoms with Crippen LogP contribution in [0.25, 0.3) is 0 Å². The minimum absolute atomic E-state index is 0.187. The molecule has 0 amide bonds. The van der Waals surface area contributed by atoms with Gasteiger partial charge < -0.3 is 4.74 Å². The lowest BCUT2D eigenvalue weighted by Crippen LogP contribution is -1.92. The van der Waals surface area contributed by atoms with Crippen LogP contribution < -0.4 is 4.74 Å². The number of rotatable bonds is 1. The summed E-state index contributed by atoms with van der Waals surface area (Å²) >= 11 is 0. The van der Waals surface area contributed by atoms with Gasteiger partial charge in [0.1, 0.15) is 11.6 Å². The molecular weight excluding hydrogens is 155 g/mol. The maximum absolute atomic E-state index is 12.9. The van der Waals surface area contributed by atoms with Gasteiger partial charge in [-0.2, -0.15) is 0 Å². The third-order valence-corrected chi connectivity index (χ3v) is 2.36. The van der Waals surface area contributed by atoms with Crippen LogP contribution in [0, 0.1) is 5.82 Å². The summed E-state index contributed by atoms with van der Waals surface area (Å²) in [6.07, 6.45) is 3.14. The summed E-state index contributed by atoms with van der Waals surface area (Å²) in [6, 6.07) is 3.08. The maximum atomic E-state index is 12.9. The Morgan fingerprint density at radius 3 is 2.92 bits per heavy atom. The van der Waals surface area contributed by atoms with Crippen molar-refractivity contribution in [1.29, 1.82) is 0 Å². The number of fused-ring (bicyclic) bond motifs is 1. The third kappa shape index (κ3) is 1.07. The molecular formula is C10H11FO. The average Bonchev–Trinajstić information content (AvgIpc) is 2.50. The minimum Gasteiger partial charge on any atom is -0.496 e. The molecule has 0 spiro atoms. The smallest absolute Gasteiger partial charge is 0.127 e. The fourth-order valence-corrected chi connectivity index (χ4v) is 1.81. The lowest BCUT2D eigenvalue weighted by molar-refractivity contribution is 0.407. The molecule has 1 aliphatic carbocycles. The van der Waals surface area contributed by atoms with Gasteiger partial charge in [-0.3, -0.25) is 0 Å². The highest BCUT2D eigenvalue weighted by Gasteiger charge is 2.16. The first-order valence-electron chi connectivity index (χ1n) is 4.16. The highest BCUT2D eigenvalue weighted by atomic mass is 19.1. The van der Waals surface area contributed by atoms with Crippen molar-refractivity contribution in [2.24, 2.45) is 0 Å². The molecule has 0 fully saturated rings. The molecule has 0 heterocycles. The van der Waals surface area contributed by atoms with Crippen molar-refractivity contribution in [2.45, 2.75) is 19.3 Å². The van der Waals surface area contributed by atoms with Crippen molar-refractivity contribution in [3.05, 3.63) is 29.1 Å². The Labute approximate surface area is 71.2 Å². The predicted molar refractivity (Wildman–Crippen MR) is 45.0 cm³/mol. The highest BCUT2D eigenvalue weighted by Crippen LogP contribution is 2.31. The lowest BCUT2D eigenvalue weighted by atomic mass is 10.1. The van der Waals surface area contributed by atoms with Crippen LogP contribution in [-0.4, -0.2) is 7.11 Å². The molecule has 0 aromatic heterocycles. The van der Waals surface area contributed by atoms with Gasteiger partial charge in [0.05, 0.1) is 7.11 Å². The number of halogens is 1. The fourth-order valence-electron chi connectivity index (χ4n) is 1.81. The minimum atomic E-state index is -0.187. The van der Waals surface area contributed by atoms with Crippen LogP contribution >= 0.6 is 0 Å². The van der Waals surface area contributed by atoms with E-state index in [0.717, 1.165) is 24.8 Å². The predicted octanol–water partition coefficient (Wildman–Crippen LogP) is 2.32. The van der Waals surface area contributed by atoms with E-state index in [1.807, 2.05) is 0 Å². The molecule has 0 aliphatic heterocycles. The topological polar surface area (TPSA) is 9.23 Å². The second kappa shape index (κ2) is 2.77. The summed E-state index contributed by atoms with van der Waals surface area (Å²) < 4.78 is 18.0. The zero-order chi connectivity index (χ0) is 8.55. The third-order valence-electron chi connectivity index (χ3n) is 2.36. The Morgan fingerprint density at radius 1 is 1.33 bits per heavy atom. The number of ether oxygens (including phenoxy) is 1. The summed E-state index contributed by atoms with van der Waals surface area (Å²) in [7, 11) is 1.59. The Hall–Kier alpha value is -1.05. The molecule has 0 unspecified atom stereocenters. The number of hydrogen-bond donors (Lipinski definition) is 0. The van der Waals surface area contributed by atoms with Crippen molar-refractivity contribution in [2.75, 3.05) is 7.11 Å². The van der Waals surface area contributed by atoms with Crippen molar-refractivity contribution < 1.29 is 9.13 Å². The van der Waals surface area contributed by atoms with Gasteiger partial charge in [-0.25, -0.2) is 4.39 Å². The molecule has 0 saturated heterocycles. The molecule has 12 heavy (non-hydrogen) atoms. The van der Waals surface area contributed by atoms with E-state index < -0.39 is 0 Å². The van der Waals surface area contributed by atoms with E-state index in [1.54, 1.807) is 13.2 Å². The van der Waals surface area contributed by atoms with E-state index in [0.29, 0.717) is 5.75 Å². The quantitative estimate of drug-likeness (QED) is 0.622.